The molecule has 38 heavy (non-hydrogen) atoms. The van der Waals surface area contributed by atoms with Gasteiger partial charge in [0.1, 0.15) is 11.5 Å². The largest absolute Gasteiger partial charge is 0.507 e. The van der Waals surface area contributed by atoms with E-state index < -0.39 is 15.8 Å². The van der Waals surface area contributed by atoms with Crippen LogP contribution in [0.2, 0.25) is 0 Å². The number of rotatable bonds is 7. The van der Waals surface area contributed by atoms with Gasteiger partial charge in [0, 0.05) is 21.4 Å². The lowest BCUT2D eigenvalue weighted by atomic mass is 10.1. The van der Waals surface area contributed by atoms with Gasteiger partial charge in [0.05, 0.1) is 0 Å². The van der Waals surface area contributed by atoms with Gasteiger partial charge in [0.15, 0.2) is 0 Å². The van der Waals surface area contributed by atoms with Crippen molar-refractivity contribution in [3.63, 3.8) is 0 Å². The number of hydrogen-bond acceptors (Lipinski definition) is 2. The van der Waals surface area contributed by atoms with E-state index in [-0.39, 0.29) is 0 Å². The number of benzene rings is 6. The molecular weight excluding hydrogens is 502 g/mol. The van der Waals surface area contributed by atoms with Crippen molar-refractivity contribution in [1.29, 1.82) is 0 Å². The van der Waals surface area contributed by atoms with Gasteiger partial charge in [-0.15, -0.1) is 0 Å². The van der Waals surface area contributed by atoms with Gasteiger partial charge in [-0.25, -0.2) is 0 Å². The Kier molecular flexibility index (Phi) is 7.10. The van der Waals surface area contributed by atoms with E-state index in [1.54, 1.807) is 0 Å². The minimum absolute atomic E-state index is 0.385. The molecule has 0 aliphatic rings. The third-order valence-corrected chi connectivity index (χ3v) is 12.4. The molecule has 0 heterocycles. The van der Waals surface area contributed by atoms with Crippen LogP contribution in [-0.2, 0) is 0 Å². The van der Waals surface area contributed by atoms with E-state index in [1.807, 2.05) is 60.7 Å². The van der Waals surface area contributed by atoms with Crippen molar-refractivity contribution >= 4 is 58.6 Å². The summed E-state index contributed by atoms with van der Waals surface area (Å²) >= 11 is 0. The first-order valence-corrected chi connectivity index (χ1v) is 15.8. The molecule has 2 N–H and O–H groups in total. The van der Waals surface area contributed by atoms with Gasteiger partial charge in [-0.1, -0.05) is 121 Å². The van der Waals surface area contributed by atoms with Crippen LogP contribution in [0, 0.1) is 0 Å². The highest BCUT2D eigenvalue weighted by Gasteiger charge is 2.24. The topological polar surface area (TPSA) is 40.5 Å². The molecule has 0 aliphatic carbocycles. The molecule has 0 spiro atoms. The predicted octanol–water partition coefficient (Wildman–Crippen LogP) is 6.97. The molecule has 0 unspecified atom stereocenters. The van der Waals surface area contributed by atoms with Crippen LogP contribution in [0.5, 0.6) is 11.5 Å². The van der Waals surface area contributed by atoms with E-state index in [4.69, 9.17) is 0 Å². The minimum atomic E-state index is -0.818. The van der Waals surface area contributed by atoms with E-state index in [0.717, 1.165) is 44.5 Å². The smallest absolute Gasteiger partial charge is 0.131 e. The summed E-state index contributed by atoms with van der Waals surface area (Å²) in [6, 6.07) is 45.6. The lowest BCUT2D eigenvalue weighted by molar-refractivity contribution is 0.485. The average molecular weight is 531 g/mol. The third-order valence-electron chi connectivity index (χ3n) is 7.02. The quantitative estimate of drug-likeness (QED) is 0.219. The first kappa shape index (κ1) is 24.6. The Bertz CT molecular complexity index is 1570. The average Bonchev–Trinajstić information content (AvgIpc) is 2.98. The van der Waals surface area contributed by atoms with Gasteiger partial charge in [0.2, 0.25) is 0 Å². The first-order valence-electron chi connectivity index (χ1n) is 12.8. The van der Waals surface area contributed by atoms with Crippen molar-refractivity contribution in [2.75, 3.05) is 12.3 Å². The molecule has 0 radical (unpaired) electrons. The van der Waals surface area contributed by atoms with Crippen LogP contribution >= 0.6 is 15.8 Å². The molecule has 2 nitrogen and oxygen atoms in total. The molecule has 2 atom stereocenters. The molecule has 6 rings (SSSR count). The molecule has 0 bridgehead atoms. The summed E-state index contributed by atoms with van der Waals surface area (Å²) in [6.45, 7) is 0. The summed E-state index contributed by atoms with van der Waals surface area (Å²) in [5.74, 6) is 0.770. The van der Waals surface area contributed by atoms with Gasteiger partial charge < -0.3 is 10.2 Å². The van der Waals surface area contributed by atoms with Gasteiger partial charge >= 0.3 is 0 Å². The summed E-state index contributed by atoms with van der Waals surface area (Å²) in [7, 11) is -1.64. The Labute approximate surface area is 225 Å². The van der Waals surface area contributed by atoms with E-state index in [2.05, 4.69) is 72.8 Å². The SMILES string of the molecule is Oc1c([P@](CC[P@](c2ccccc2)c2ccc3ccccc3c2O)c2ccccc2)ccc2ccccc12. The number of fused-ring (bicyclic) bond motifs is 2. The van der Waals surface area contributed by atoms with Crippen LogP contribution in [0.1, 0.15) is 0 Å². The van der Waals surface area contributed by atoms with Gasteiger partial charge in [-0.3, -0.25) is 0 Å². The molecule has 0 aliphatic heterocycles. The van der Waals surface area contributed by atoms with Crippen LogP contribution in [-0.4, -0.2) is 22.5 Å². The number of phenols is 2. The van der Waals surface area contributed by atoms with E-state index in [0.29, 0.717) is 11.5 Å². The Morgan fingerprint density at radius 3 is 1.18 bits per heavy atom. The molecule has 0 saturated heterocycles. The van der Waals surface area contributed by atoms with E-state index in [1.165, 1.54) is 10.6 Å². The first-order chi connectivity index (χ1) is 18.7. The normalized spacial score (nSPS) is 12.9. The fourth-order valence-corrected chi connectivity index (χ4v) is 10.6. The van der Waals surface area contributed by atoms with E-state index in [9.17, 15) is 10.2 Å². The van der Waals surface area contributed by atoms with Crippen LogP contribution < -0.4 is 21.2 Å². The molecule has 6 aromatic carbocycles. The Hall–Kier alpha value is -3.70. The van der Waals surface area contributed by atoms with E-state index >= 15 is 0 Å². The van der Waals surface area contributed by atoms with Gasteiger partial charge in [-0.05, 0) is 61.7 Å². The summed E-state index contributed by atoms with van der Waals surface area (Å²) < 4.78 is 0. The highest BCUT2D eigenvalue weighted by molar-refractivity contribution is 7.76. The highest BCUT2D eigenvalue weighted by Crippen LogP contribution is 2.45. The molecule has 0 amide bonds. The van der Waals surface area contributed by atoms with Crippen molar-refractivity contribution in [2.24, 2.45) is 0 Å². The molecule has 4 heteroatoms. The van der Waals surface area contributed by atoms with Gasteiger partial charge in [-0.2, -0.15) is 0 Å². The Morgan fingerprint density at radius 1 is 0.395 bits per heavy atom. The Balaban J connectivity index is 1.43. The maximum atomic E-state index is 11.4. The fraction of sp³-hybridized carbons (Fsp3) is 0.0588. The minimum Gasteiger partial charge on any atom is -0.507 e. The third kappa shape index (κ3) is 4.79. The van der Waals surface area contributed by atoms with Crippen molar-refractivity contribution in [2.45, 2.75) is 0 Å². The summed E-state index contributed by atoms with van der Waals surface area (Å²) in [6.07, 6.45) is 1.80. The molecule has 0 saturated carbocycles. The lowest BCUT2D eigenvalue weighted by Gasteiger charge is -2.25. The zero-order valence-electron chi connectivity index (χ0n) is 20.9. The molecule has 0 fully saturated rings. The van der Waals surface area contributed by atoms with Crippen molar-refractivity contribution < 1.29 is 10.2 Å². The predicted molar refractivity (Wildman–Crippen MR) is 166 cm³/mol. The molecular formula is C34H28O2P2. The van der Waals surface area contributed by atoms with Gasteiger partial charge in [0.25, 0.3) is 0 Å². The zero-order chi connectivity index (χ0) is 25.9. The molecule has 186 valence electrons. The van der Waals surface area contributed by atoms with Crippen molar-refractivity contribution in [1.82, 2.24) is 0 Å². The second-order valence-electron chi connectivity index (χ2n) is 9.28. The monoisotopic (exact) mass is 530 g/mol. The highest BCUT2D eigenvalue weighted by atomic mass is 31.1. The summed E-state index contributed by atoms with van der Waals surface area (Å²) in [5, 5.41) is 31.2. The van der Waals surface area contributed by atoms with Crippen molar-refractivity contribution in [3.8, 4) is 11.5 Å². The van der Waals surface area contributed by atoms with Crippen LogP contribution in [0.4, 0.5) is 0 Å². The van der Waals surface area contributed by atoms with Crippen LogP contribution in [0.3, 0.4) is 0 Å². The maximum Gasteiger partial charge on any atom is 0.131 e. The molecule has 6 aromatic rings. The van der Waals surface area contributed by atoms with Crippen LogP contribution in [0.25, 0.3) is 21.5 Å². The lowest BCUT2D eigenvalue weighted by Crippen LogP contribution is -2.20. The number of aromatic hydroxyl groups is 2. The zero-order valence-corrected chi connectivity index (χ0v) is 22.7. The summed E-state index contributed by atoms with van der Waals surface area (Å²) in [5.41, 5.74) is 0. The maximum absolute atomic E-state index is 11.4. The molecule has 0 aromatic heterocycles. The van der Waals surface area contributed by atoms with Crippen molar-refractivity contribution in [3.05, 3.63) is 133 Å². The Morgan fingerprint density at radius 2 is 0.763 bits per heavy atom. The number of phenolic OH excluding ortho intramolecular Hbond substituents is 2. The standard InChI is InChI=1S/C34H28O2P2/c35-33-29-17-9-7-11-25(29)19-21-31(33)37(27-13-3-1-4-14-27)23-24-38(28-15-5-2-6-16-28)32-22-20-26-12-8-10-18-30(26)34(32)36/h1-22,35-36H,23-24H2/t37-,38-/m1/s1. The summed E-state index contributed by atoms with van der Waals surface area (Å²) in [4.78, 5) is 0. The second-order valence-corrected chi connectivity index (χ2v) is 13.9. The van der Waals surface area contributed by atoms with Crippen LogP contribution in [0.15, 0.2) is 133 Å². The number of hydrogen-bond donors (Lipinski definition) is 2. The second kappa shape index (κ2) is 11.0. The fourth-order valence-electron chi connectivity index (χ4n) is 5.12.